The number of alkyl halides is 8. The van der Waals surface area contributed by atoms with Gasteiger partial charge in [-0.15, -0.1) is 0 Å². The summed E-state index contributed by atoms with van der Waals surface area (Å²) in [7, 11) is -5.14. The van der Waals surface area contributed by atoms with Crippen LogP contribution in [-0.2, 0) is 81.0 Å². The fraction of sp³-hybridized carbons (Fsp3) is 0.173. The van der Waals surface area contributed by atoms with Gasteiger partial charge in [0.1, 0.15) is 11.8 Å². The Bertz CT molecular complexity index is 7030. The zero-order valence-electron chi connectivity index (χ0n) is 79.0. The van der Waals surface area contributed by atoms with Crippen molar-refractivity contribution in [3.05, 3.63) is 402 Å². The number of halogens is 8. The zero-order chi connectivity index (χ0) is 110. The number of carboxylic acids is 6. The van der Waals surface area contributed by atoms with Gasteiger partial charge in [-0.1, -0.05) is 171 Å². The number of nitrogens with two attached hydrogens (primary N) is 1. The molecule has 0 saturated carbocycles. The van der Waals surface area contributed by atoms with Gasteiger partial charge in [0.15, 0.2) is 5.78 Å². The molecule has 0 saturated heterocycles. The molecule has 0 spiro atoms. The van der Waals surface area contributed by atoms with E-state index in [0.29, 0.717) is 58.9 Å². The zero-order valence-corrected chi connectivity index (χ0v) is 80.6. The van der Waals surface area contributed by atoms with E-state index in [9.17, 15) is 134 Å². The van der Waals surface area contributed by atoms with Crippen molar-refractivity contribution >= 4 is 120 Å². The van der Waals surface area contributed by atoms with Gasteiger partial charge in [-0.2, -0.15) is 39.4 Å². The molecule has 1 unspecified atom stereocenters. The summed E-state index contributed by atoms with van der Waals surface area (Å²) in [5.41, 5.74) is 6.35. The minimum Gasteiger partial charge on any atom is -0.480 e. The normalized spacial score (nSPS) is 11.1. The SMILES string of the molecule is CC(=O)c1ccccc1C(=O)NCc1cc(C(F)(F)F)cc(C(F)(F)F)c1.CCN(Cc1cccc(NC(=O)c2ccccc2C(=O)O)c1)S(C)(=O)=O.CCS(=O)(=O)N(C)Cc1cccc(NC(=O)c2ccccc2C(=O)O)c1.NC(=O)CCc1ccc(NC(=O)c2ccccc2C(=O)O)cc1.O=C(O)c1ccccc1C(=O)NC(Cc1ccccc1)C(=O)O.O=C(O)c1ccccc1C(=O)NCc1ccccc1OC(F)F. The Morgan fingerprint density at radius 1 is 0.385 bits per heavy atom. The highest BCUT2D eigenvalue weighted by Crippen LogP contribution is 2.37. The predicted octanol–water partition coefficient (Wildman–Crippen LogP) is 16.5. The molecule has 0 aliphatic rings. The van der Waals surface area contributed by atoms with E-state index in [1.165, 1.54) is 150 Å². The number of aromatic carboxylic acids is 5. The standard InChI is InChI=1S/C18H13F6NO2.2C18H20N2O5S.C17H16N2O4.C17H15NO5.C16H13F2NO4/c1-10(26)14-4-2-3-5-15(14)16(27)25-9-11-6-12(17(19,20)21)8-13(7-11)18(22,23)24;1-3-20(26(2,24)25)12-13-7-6-8-14(11-13)19-17(21)15-9-4-5-10-16(15)18(22)23;1-3-26(24,25)20(2)12-13-7-6-8-14(11-13)19-17(21)15-9-4-5-10-16(15)18(22)23;18-15(20)10-7-11-5-8-12(9-6-11)19-16(21)13-3-1-2-4-14(13)17(22)23;19-15(12-8-4-5-9-13(12)16(20)21)18-14(17(22)23)10-11-6-2-1-3-7-11;17-16(18)23-13-8-4-1-5-10(13)9-19-14(20)11-6-2-3-7-12(11)15(21)22/h2-8H,9H2,1H3,(H,25,27);2*4-11H,3,12H2,1-2H3,(H,19,21)(H,22,23);1-6,8-9H,7,10H2,(H2,18,20)(H,19,21)(H,22,23);1-9,14H,10H2,(H,18,19)(H,20,21)(H,22,23);1-8,16H,9H2,(H,19,20)(H,21,22). The van der Waals surface area contributed by atoms with E-state index in [2.05, 4.69) is 36.6 Å². The number of hydrogen-bond acceptors (Lipinski definition) is 19. The summed E-state index contributed by atoms with van der Waals surface area (Å²) in [6, 6.07) is 70.3. The second-order valence-corrected chi connectivity index (χ2v) is 35.8. The number of carbonyl (C=O) groups is 14. The monoisotopic (exact) mass is 2090 g/mol. The Labute approximate surface area is 841 Å². The summed E-state index contributed by atoms with van der Waals surface area (Å²) in [5.74, 6) is -11.7. The molecule has 0 aliphatic carbocycles. The molecular weight excluding hydrogens is 1990 g/mol. The summed E-state index contributed by atoms with van der Waals surface area (Å²) >= 11 is 0. The van der Waals surface area contributed by atoms with Crippen LogP contribution in [0.2, 0.25) is 0 Å². The molecule has 776 valence electrons. The Hall–Kier alpha value is -17.5. The number of hydrogen-bond donors (Lipinski definition) is 13. The Morgan fingerprint density at radius 2 is 0.736 bits per heavy atom. The highest BCUT2D eigenvalue weighted by atomic mass is 32.2. The number of benzene rings is 12. The van der Waals surface area contributed by atoms with Gasteiger partial charge in [-0.05, 0) is 175 Å². The number of primary amides is 1. The van der Waals surface area contributed by atoms with Crippen LogP contribution >= 0.6 is 0 Å². The van der Waals surface area contributed by atoms with E-state index in [-0.39, 0.29) is 128 Å². The number of ether oxygens (including phenoxy) is 1. The quantitative estimate of drug-likeness (QED) is 0.0128. The molecule has 0 heterocycles. The van der Waals surface area contributed by atoms with Crippen LogP contribution in [0.1, 0.15) is 196 Å². The number of carbonyl (C=O) groups excluding carboxylic acids is 8. The maximum Gasteiger partial charge on any atom is 0.416 e. The summed E-state index contributed by atoms with van der Waals surface area (Å²) in [6.07, 6.45) is -7.90. The molecule has 1 atom stereocenters. The van der Waals surface area contributed by atoms with Gasteiger partial charge in [0.05, 0.1) is 84.3 Å². The second kappa shape index (κ2) is 55.4. The molecule has 0 radical (unpaired) electrons. The Balaban J connectivity index is 0.000000241. The van der Waals surface area contributed by atoms with Crippen LogP contribution in [0.25, 0.3) is 0 Å². The number of nitrogens with zero attached hydrogens (tertiary/aromatic N) is 2. The van der Waals surface area contributed by atoms with Gasteiger partial charge in [-0.25, -0.2) is 49.9 Å². The van der Waals surface area contributed by atoms with Crippen molar-refractivity contribution in [2.24, 2.45) is 5.73 Å². The summed E-state index contributed by atoms with van der Waals surface area (Å²) in [4.78, 5) is 163. The minimum absolute atomic E-state index is 0.00585. The molecule has 0 bridgehead atoms. The third kappa shape index (κ3) is 37.0. The van der Waals surface area contributed by atoms with Crippen molar-refractivity contribution < 1.29 is 154 Å². The van der Waals surface area contributed by atoms with Crippen molar-refractivity contribution in [1.82, 2.24) is 24.6 Å². The van der Waals surface area contributed by atoms with Crippen molar-refractivity contribution in [2.75, 3.05) is 41.6 Å². The predicted molar refractivity (Wildman–Crippen MR) is 527 cm³/mol. The number of para-hydroxylation sites is 1. The number of anilines is 3. The van der Waals surface area contributed by atoms with E-state index in [4.69, 9.17) is 21.1 Å². The summed E-state index contributed by atoms with van der Waals surface area (Å²) < 4.78 is 156. The lowest BCUT2D eigenvalue weighted by Crippen LogP contribution is -2.42. The number of aliphatic carboxylic acids is 1. The van der Waals surface area contributed by atoms with Crippen molar-refractivity contribution in [2.45, 2.75) is 91.2 Å². The van der Waals surface area contributed by atoms with Crippen LogP contribution in [0.3, 0.4) is 0 Å². The van der Waals surface area contributed by atoms with Gasteiger partial charge in [0, 0.05) is 80.8 Å². The first kappa shape index (κ1) is 117. The van der Waals surface area contributed by atoms with E-state index in [1.807, 2.05) is 0 Å². The molecular formula is C104H97F8N9O25S2. The maximum absolute atomic E-state index is 12.8. The third-order valence-corrected chi connectivity index (χ3v) is 24.0. The van der Waals surface area contributed by atoms with Crippen LogP contribution in [0.15, 0.2) is 291 Å². The molecule has 44 heteroatoms. The molecule has 0 aliphatic heterocycles. The molecule has 14 N–H and O–H groups in total. The molecule has 12 aromatic rings. The van der Waals surface area contributed by atoms with E-state index in [1.54, 1.807) is 159 Å². The topological polar surface area (TPSA) is 543 Å². The summed E-state index contributed by atoms with van der Waals surface area (Å²) in [5, 5.41) is 70.0. The highest BCUT2D eigenvalue weighted by Gasteiger charge is 2.38. The van der Waals surface area contributed by atoms with Crippen LogP contribution in [0.4, 0.5) is 52.2 Å². The molecule has 12 aromatic carbocycles. The van der Waals surface area contributed by atoms with Crippen LogP contribution in [0, 0.1) is 0 Å². The average Bonchev–Trinajstić information content (AvgIpc) is 0.805. The number of nitrogens with one attached hydrogen (secondary N) is 6. The minimum atomic E-state index is -4.97. The molecule has 34 nitrogen and oxygen atoms in total. The van der Waals surface area contributed by atoms with Crippen LogP contribution in [0.5, 0.6) is 5.75 Å². The third-order valence-electron chi connectivity index (χ3n) is 20.8. The lowest BCUT2D eigenvalue weighted by atomic mass is 10.0. The van der Waals surface area contributed by atoms with E-state index >= 15 is 0 Å². The van der Waals surface area contributed by atoms with Crippen molar-refractivity contribution in [3.8, 4) is 5.75 Å². The molecule has 12 rings (SSSR count). The van der Waals surface area contributed by atoms with E-state index < -0.39 is 140 Å². The van der Waals surface area contributed by atoms with E-state index in [0.717, 1.165) is 17.4 Å². The van der Waals surface area contributed by atoms with Gasteiger partial charge < -0.3 is 73.0 Å². The number of aryl methyl sites for hydroxylation is 1. The Morgan fingerprint density at radius 3 is 1.11 bits per heavy atom. The number of amides is 7. The van der Waals surface area contributed by atoms with Gasteiger partial charge >= 0.3 is 54.8 Å². The number of ketones is 1. The van der Waals surface area contributed by atoms with Crippen molar-refractivity contribution in [1.29, 1.82) is 0 Å². The maximum atomic E-state index is 12.8. The molecule has 0 fully saturated rings. The first-order chi connectivity index (χ1) is 69.8. The fourth-order valence-electron chi connectivity index (χ4n) is 13.5. The first-order valence-corrected chi connectivity index (χ1v) is 47.3. The smallest absolute Gasteiger partial charge is 0.416 e. The Kier molecular flexibility index (Phi) is 43.9. The van der Waals surface area contributed by atoms with Crippen LogP contribution in [-0.4, -0.2) is 177 Å². The first-order valence-electron chi connectivity index (χ1n) is 43.9. The fourth-order valence-corrected chi connectivity index (χ4v) is 15.1. The van der Waals surface area contributed by atoms with Gasteiger partial charge in [0.2, 0.25) is 26.0 Å². The number of rotatable bonds is 36. The van der Waals surface area contributed by atoms with Crippen molar-refractivity contribution in [3.63, 3.8) is 0 Å². The van der Waals surface area contributed by atoms with Gasteiger partial charge in [0.25, 0.3) is 35.4 Å². The molecule has 0 aromatic heterocycles. The largest absolute Gasteiger partial charge is 0.480 e. The second-order valence-electron chi connectivity index (χ2n) is 31.4. The lowest BCUT2D eigenvalue weighted by molar-refractivity contribution is -0.143. The highest BCUT2D eigenvalue weighted by molar-refractivity contribution is 7.89. The molecule has 148 heavy (non-hydrogen) atoms. The van der Waals surface area contributed by atoms with Gasteiger partial charge in [-0.3, -0.25) is 38.4 Å². The lowest BCUT2D eigenvalue weighted by Gasteiger charge is -2.18. The number of carboxylic acid groups (broad SMARTS) is 6. The molecule has 7 amide bonds. The number of Topliss-reactive ketones (excluding diaryl/α,β-unsaturated/α-hetero) is 1. The van der Waals surface area contributed by atoms with Crippen LogP contribution < -0.4 is 42.4 Å². The average molecular weight is 2090 g/mol. The summed E-state index contributed by atoms with van der Waals surface area (Å²) in [6.45, 7) is 1.62. The number of sulfonamides is 2.